The normalized spacial score (nSPS) is 13.1. The number of esters is 1. The zero-order valence-corrected chi connectivity index (χ0v) is 19.6. The molecule has 1 aliphatic heterocycles. The van der Waals surface area contributed by atoms with E-state index in [0.717, 1.165) is 11.1 Å². The summed E-state index contributed by atoms with van der Waals surface area (Å²) in [5.41, 5.74) is 3.04. The maximum atomic E-state index is 11.8. The van der Waals surface area contributed by atoms with Gasteiger partial charge in [-0.25, -0.2) is 4.79 Å². The molecule has 0 bridgehead atoms. The molecule has 1 aliphatic rings. The van der Waals surface area contributed by atoms with Gasteiger partial charge in [0.1, 0.15) is 23.7 Å². The molecular formula is C17H23BiO6. The van der Waals surface area contributed by atoms with Gasteiger partial charge in [-0.3, -0.25) is 4.79 Å². The summed E-state index contributed by atoms with van der Waals surface area (Å²) >= 11 is 0. The number of aliphatic carboxylic acids is 1. The van der Waals surface area contributed by atoms with Gasteiger partial charge >= 0.3 is 38.1 Å². The van der Waals surface area contributed by atoms with Crippen molar-refractivity contribution in [1.82, 2.24) is 0 Å². The van der Waals surface area contributed by atoms with Gasteiger partial charge in [0.05, 0.1) is 7.11 Å². The quantitative estimate of drug-likeness (QED) is 0.328. The number of ether oxygens (including phenoxy) is 2. The van der Waals surface area contributed by atoms with Crippen LogP contribution in [-0.4, -0.2) is 55.5 Å². The van der Waals surface area contributed by atoms with Gasteiger partial charge in [0.2, 0.25) is 0 Å². The molecule has 24 heavy (non-hydrogen) atoms. The van der Waals surface area contributed by atoms with Gasteiger partial charge in [-0.1, -0.05) is 11.6 Å². The Kier molecular flexibility index (Phi) is 7.21. The van der Waals surface area contributed by atoms with Crippen LogP contribution >= 0.6 is 0 Å². The van der Waals surface area contributed by atoms with Crippen LogP contribution in [0.25, 0.3) is 0 Å². The Morgan fingerprint density at radius 3 is 2.62 bits per heavy atom. The van der Waals surface area contributed by atoms with Crippen LogP contribution in [0, 0.1) is 6.92 Å². The predicted octanol–water partition coefficient (Wildman–Crippen LogP) is 1.55. The zero-order chi connectivity index (χ0) is 17.1. The third-order valence-corrected chi connectivity index (χ3v) is 4.04. The van der Waals surface area contributed by atoms with Gasteiger partial charge in [0.25, 0.3) is 0 Å². The number of hydrogen-bond acceptors (Lipinski definition) is 5. The van der Waals surface area contributed by atoms with Crippen LogP contribution in [0.1, 0.15) is 46.8 Å². The van der Waals surface area contributed by atoms with Crippen molar-refractivity contribution < 1.29 is 29.3 Å². The molecular weight excluding hydrogens is 509 g/mol. The molecule has 1 aromatic rings. The van der Waals surface area contributed by atoms with Crippen LogP contribution in [0.15, 0.2) is 11.6 Å². The van der Waals surface area contributed by atoms with Crippen molar-refractivity contribution in [2.75, 3.05) is 7.11 Å². The number of rotatable bonds is 6. The SMILES string of the molecule is COc1c(C)c2c(c(O)c1C/C=C(\C)CCC(=O)O)C(=O)OC2.[BiH3]. The zero-order valence-electron chi connectivity index (χ0n) is 14.1. The Hall–Kier alpha value is -1.62. The molecule has 0 saturated heterocycles. The molecule has 0 atom stereocenters. The van der Waals surface area contributed by atoms with E-state index in [4.69, 9.17) is 14.6 Å². The summed E-state index contributed by atoms with van der Waals surface area (Å²) < 4.78 is 10.4. The van der Waals surface area contributed by atoms with Gasteiger partial charge in [-0.05, 0) is 32.3 Å². The molecule has 2 rings (SSSR count). The van der Waals surface area contributed by atoms with Crippen LogP contribution in [-0.2, 0) is 22.6 Å². The number of methoxy groups -OCH3 is 1. The molecule has 6 nitrogen and oxygen atoms in total. The fourth-order valence-electron chi connectivity index (χ4n) is 2.71. The molecule has 0 radical (unpaired) electrons. The first-order valence-electron chi connectivity index (χ1n) is 7.32. The second kappa shape index (κ2) is 8.47. The van der Waals surface area contributed by atoms with Crippen molar-refractivity contribution in [1.29, 1.82) is 0 Å². The summed E-state index contributed by atoms with van der Waals surface area (Å²) in [7, 11) is 1.51. The fraction of sp³-hybridized carbons (Fsp3) is 0.412. The molecule has 1 heterocycles. The third-order valence-electron chi connectivity index (χ3n) is 4.04. The van der Waals surface area contributed by atoms with Crippen molar-refractivity contribution in [3.05, 3.63) is 33.9 Å². The molecule has 0 aromatic heterocycles. The number of allylic oxidation sites excluding steroid dienone is 2. The second-order valence-electron chi connectivity index (χ2n) is 5.56. The number of hydrogen-bond donors (Lipinski definition) is 2. The van der Waals surface area contributed by atoms with Crippen molar-refractivity contribution in [2.24, 2.45) is 0 Å². The number of aromatic hydroxyl groups is 1. The Bertz CT molecular complexity index is 693. The molecule has 1 aromatic carbocycles. The summed E-state index contributed by atoms with van der Waals surface area (Å²) in [6.07, 6.45) is 2.68. The Labute approximate surface area is 159 Å². The first kappa shape index (κ1) is 20.4. The summed E-state index contributed by atoms with van der Waals surface area (Å²) in [4.78, 5) is 22.4. The van der Waals surface area contributed by atoms with Gasteiger partial charge in [-0.15, -0.1) is 0 Å². The summed E-state index contributed by atoms with van der Waals surface area (Å²) in [6, 6.07) is 0. The molecule has 0 aliphatic carbocycles. The molecule has 0 spiro atoms. The monoisotopic (exact) mass is 532 g/mol. The predicted molar refractivity (Wildman–Crippen MR) is 92.8 cm³/mol. The number of carboxylic acid groups (broad SMARTS) is 1. The summed E-state index contributed by atoms with van der Waals surface area (Å²) in [5.74, 6) is -0.973. The van der Waals surface area contributed by atoms with Crippen molar-refractivity contribution >= 4 is 38.1 Å². The number of fused-ring (bicyclic) bond motifs is 1. The maximum absolute atomic E-state index is 11.8. The molecule has 132 valence electrons. The summed E-state index contributed by atoms with van der Waals surface area (Å²) in [6.45, 7) is 3.79. The molecule has 2 N–H and O–H groups in total. The van der Waals surface area contributed by atoms with E-state index in [1.807, 2.05) is 19.9 Å². The van der Waals surface area contributed by atoms with E-state index in [-0.39, 0.29) is 50.5 Å². The third kappa shape index (κ3) is 4.07. The number of carbonyl (C=O) groups is 2. The van der Waals surface area contributed by atoms with Crippen molar-refractivity contribution in [3.8, 4) is 11.5 Å². The van der Waals surface area contributed by atoms with Crippen LogP contribution in [0.4, 0.5) is 0 Å². The Balaban J connectivity index is 0.00000288. The van der Waals surface area contributed by atoms with Crippen LogP contribution in [0.3, 0.4) is 0 Å². The summed E-state index contributed by atoms with van der Waals surface area (Å²) in [5, 5.41) is 19.1. The Morgan fingerprint density at radius 2 is 2.04 bits per heavy atom. The van der Waals surface area contributed by atoms with Crippen LogP contribution in [0.2, 0.25) is 0 Å². The van der Waals surface area contributed by atoms with Gasteiger partial charge in [0.15, 0.2) is 0 Å². The average molecular weight is 532 g/mol. The van der Waals surface area contributed by atoms with Crippen molar-refractivity contribution in [2.45, 2.75) is 39.7 Å². The fourth-order valence-corrected chi connectivity index (χ4v) is 2.71. The molecule has 0 amide bonds. The van der Waals surface area contributed by atoms with Gasteiger partial charge < -0.3 is 19.7 Å². The number of phenolic OH excluding ortho intramolecular Hbond substituents is 1. The number of carboxylic acids is 1. The van der Waals surface area contributed by atoms with E-state index in [9.17, 15) is 14.7 Å². The number of phenols is 1. The van der Waals surface area contributed by atoms with E-state index < -0.39 is 11.9 Å². The topological polar surface area (TPSA) is 93.1 Å². The number of carbonyl (C=O) groups excluding carboxylic acids is 1. The van der Waals surface area contributed by atoms with Crippen molar-refractivity contribution in [3.63, 3.8) is 0 Å². The van der Waals surface area contributed by atoms with E-state index in [0.29, 0.717) is 29.7 Å². The van der Waals surface area contributed by atoms with Crippen LogP contribution < -0.4 is 4.74 Å². The van der Waals surface area contributed by atoms with E-state index >= 15 is 0 Å². The molecule has 7 heteroatoms. The van der Waals surface area contributed by atoms with E-state index in [2.05, 4.69) is 0 Å². The average Bonchev–Trinajstić information content (AvgIpc) is 2.89. The second-order valence-corrected chi connectivity index (χ2v) is 5.56. The molecule has 0 unspecified atom stereocenters. The van der Waals surface area contributed by atoms with Crippen LogP contribution in [0.5, 0.6) is 11.5 Å². The number of benzene rings is 1. The first-order valence-corrected chi connectivity index (χ1v) is 7.32. The molecule has 0 fully saturated rings. The van der Waals surface area contributed by atoms with Gasteiger partial charge in [0, 0.05) is 17.5 Å². The number of cyclic esters (lactones) is 1. The minimum absolute atomic E-state index is 0. The van der Waals surface area contributed by atoms with E-state index in [1.165, 1.54) is 7.11 Å². The van der Waals surface area contributed by atoms with E-state index in [1.54, 1.807) is 0 Å². The van der Waals surface area contributed by atoms with Gasteiger partial charge in [-0.2, -0.15) is 0 Å². The first-order chi connectivity index (χ1) is 10.9. The minimum atomic E-state index is -0.853. The Morgan fingerprint density at radius 1 is 1.38 bits per heavy atom. The molecule has 0 saturated carbocycles. The standard InChI is InChI=1S/C17H20O6.Bi.3H/c1-9(5-7-13(18)19)4-6-11-15(20)14-12(8-23-17(14)21)10(2)16(11)22-3;;;;/h4,20H,5-8H2,1-3H3,(H,18,19);;;;/b9-4+;;;;.